The monoisotopic (exact) mass is 295 g/mol. The Balaban J connectivity index is 2.00. The summed E-state index contributed by atoms with van der Waals surface area (Å²) in [5.41, 5.74) is 5.82. The van der Waals surface area contributed by atoms with Gasteiger partial charge < -0.3 is 4.90 Å². The molecule has 106 valence electrons. The summed E-state index contributed by atoms with van der Waals surface area (Å²) < 4.78 is 0. The Morgan fingerprint density at radius 2 is 1.90 bits per heavy atom. The molecule has 0 radical (unpaired) electrons. The Labute approximate surface area is 129 Å². The molecule has 1 atom stereocenters. The Hall–Kier alpha value is -1.74. The molecule has 1 fully saturated rings. The Kier molecular flexibility index (Phi) is 2.70. The highest BCUT2D eigenvalue weighted by atomic mass is 32.2. The minimum Gasteiger partial charge on any atom is -0.315 e. The van der Waals surface area contributed by atoms with Gasteiger partial charge in [0.1, 0.15) is 4.87 Å². The topological polar surface area (TPSA) is 20.3 Å². The zero-order chi connectivity index (χ0) is 14.6. The van der Waals surface area contributed by atoms with Crippen LogP contribution < -0.4 is 0 Å². The van der Waals surface area contributed by atoms with Gasteiger partial charge in [-0.25, -0.2) is 0 Å². The first-order chi connectivity index (χ1) is 10.1. The van der Waals surface area contributed by atoms with E-state index in [9.17, 15) is 4.79 Å². The van der Waals surface area contributed by atoms with Crippen molar-refractivity contribution < 1.29 is 4.79 Å². The van der Waals surface area contributed by atoms with Gasteiger partial charge >= 0.3 is 0 Å². The minimum absolute atomic E-state index is 0.175. The molecule has 0 N–H and O–H groups in total. The lowest BCUT2D eigenvalue weighted by atomic mass is 9.94. The molecule has 0 unspecified atom stereocenters. The Morgan fingerprint density at radius 1 is 1.10 bits per heavy atom. The molecule has 0 saturated carbocycles. The lowest BCUT2D eigenvalue weighted by Gasteiger charge is -2.33. The normalized spacial score (nSPS) is 23.3. The lowest BCUT2D eigenvalue weighted by molar-refractivity contribution is 0.0752. The summed E-state index contributed by atoms with van der Waals surface area (Å²) in [6.45, 7) is 5.09. The number of nitrogens with zero attached hydrogens (tertiary/aromatic N) is 1. The molecular weight excluding hydrogens is 278 g/mol. The van der Waals surface area contributed by atoms with Crippen molar-refractivity contribution in [1.29, 1.82) is 0 Å². The zero-order valence-electron chi connectivity index (χ0n) is 12.2. The maximum absolute atomic E-state index is 12.7. The van der Waals surface area contributed by atoms with E-state index in [0.29, 0.717) is 0 Å². The van der Waals surface area contributed by atoms with Crippen molar-refractivity contribution in [2.75, 3.05) is 12.3 Å². The number of hydrogen-bond donors (Lipinski definition) is 0. The number of amides is 1. The zero-order valence-corrected chi connectivity index (χ0v) is 13.0. The molecule has 2 aromatic rings. The van der Waals surface area contributed by atoms with E-state index < -0.39 is 0 Å². The molecule has 0 bridgehead atoms. The van der Waals surface area contributed by atoms with Crippen molar-refractivity contribution in [2.24, 2.45) is 0 Å². The van der Waals surface area contributed by atoms with Crippen molar-refractivity contribution in [1.82, 2.24) is 4.90 Å². The number of thioether (sulfide) groups is 1. The third kappa shape index (κ3) is 1.58. The van der Waals surface area contributed by atoms with Crippen molar-refractivity contribution in [3.63, 3.8) is 0 Å². The molecule has 21 heavy (non-hydrogen) atoms. The molecule has 1 saturated heterocycles. The maximum Gasteiger partial charge on any atom is 0.255 e. The van der Waals surface area contributed by atoms with Crippen LogP contribution in [0.15, 0.2) is 42.5 Å². The highest BCUT2D eigenvalue weighted by molar-refractivity contribution is 8.00. The molecule has 0 aliphatic carbocycles. The van der Waals surface area contributed by atoms with Gasteiger partial charge in [0.2, 0.25) is 0 Å². The summed E-state index contributed by atoms with van der Waals surface area (Å²) in [5, 5.41) is 0. The fourth-order valence-electron chi connectivity index (χ4n) is 3.45. The molecule has 4 rings (SSSR count). The molecule has 0 spiro atoms. The predicted molar refractivity (Wildman–Crippen MR) is 86.6 cm³/mol. The fraction of sp³-hybridized carbons (Fsp3) is 0.278. The van der Waals surface area contributed by atoms with E-state index in [2.05, 4.69) is 38.1 Å². The molecule has 2 aromatic carbocycles. The largest absolute Gasteiger partial charge is 0.315 e. The highest BCUT2D eigenvalue weighted by Gasteiger charge is 2.54. The fourth-order valence-corrected chi connectivity index (χ4v) is 4.97. The van der Waals surface area contributed by atoms with Crippen LogP contribution in [0.1, 0.15) is 32.6 Å². The smallest absolute Gasteiger partial charge is 0.255 e. The van der Waals surface area contributed by atoms with Gasteiger partial charge in [0.05, 0.1) is 0 Å². The minimum atomic E-state index is -0.313. The van der Waals surface area contributed by atoms with Gasteiger partial charge in [0, 0.05) is 23.4 Å². The first-order valence-corrected chi connectivity index (χ1v) is 8.26. The van der Waals surface area contributed by atoms with Crippen molar-refractivity contribution >= 4 is 17.7 Å². The van der Waals surface area contributed by atoms with E-state index in [1.54, 1.807) is 0 Å². The van der Waals surface area contributed by atoms with Crippen LogP contribution in [0.25, 0.3) is 0 Å². The van der Waals surface area contributed by atoms with Crippen molar-refractivity contribution in [3.05, 3.63) is 70.3 Å². The Morgan fingerprint density at radius 3 is 2.71 bits per heavy atom. The van der Waals surface area contributed by atoms with E-state index in [1.165, 1.54) is 16.7 Å². The van der Waals surface area contributed by atoms with Crippen LogP contribution in [0.3, 0.4) is 0 Å². The van der Waals surface area contributed by atoms with Crippen LogP contribution in [0.5, 0.6) is 0 Å². The summed E-state index contributed by atoms with van der Waals surface area (Å²) in [5.74, 6) is 1.17. The third-order valence-electron chi connectivity index (χ3n) is 4.67. The molecule has 1 amide bonds. The molecule has 2 nitrogen and oxygen atoms in total. The van der Waals surface area contributed by atoms with Crippen molar-refractivity contribution in [3.8, 4) is 0 Å². The standard InChI is InChI=1S/C18H17NOS/c1-12-7-8-14(11-13(12)2)18-16-6-4-3-5-15(16)17(20)19(18)9-10-21-18/h3-8,11H,9-10H2,1-2H3/t18-/m1/s1. The Bertz CT molecular complexity index is 755. The van der Waals surface area contributed by atoms with E-state index in [-0.39, 0.29) is 10.8 Å². The van der Waals surface area contributed by atoms with Crippen LogP contribution in [0.4, 0.5) is 0 Å². The SMILES string of the molecule is Cc1ccc([C@]23SCCN2C(=O)c2ccccc23)cc1C. The number of aryl methyl sites for hydroxylation is 2. The summed E-state index contributed by atoms with van der Waals surface area (Å²) >= 11 is 1.88. The number of carbonyl (C=O) groups is 1. The van der Waals surface area contributed by atoms with Crippen LogP contribution in [-0.4, -0.2) is 23.1 Å². The van der Waals surface area contributed by atoms with Gasteiger partial charge in [-0.15, -0.1) is 11.8 Å². The molecule has 2 heterocycles. The van der Waals surface area contributed by atoms with Crippen LogP contribution >= 0.6 is 11.8 Å². The van der Waals surface area contributed by atoms with Crippen molar-refractivity contribution in [2.45, 2.75) is 18.7 Å². The first kappa shape index (κ1) is 13.0. The van der Waals surface area contributed by atoms with E-state index in [0.717, 1.165) is 23.4 Å². The summed E-state index contributed by atoms with van der Waals surface area (Å²) in [4.78, 5) is 14.5. The summed E-state index contributed by atoms with van der Waals surface area (Å²) in [6.07, 6.45) is 0. The molecular formula is C18H17NOS. The molecule has 2 aliphatic heterocycles. The summed E-state index contributed by atoms with van der Waals surface area (Å²) in [7, 11) is 0. The number of fused-ring (bicyclic) bond motifs is 3. The molecule has 2 aliphatic rings. The number of benzene rings is 2. The maximum atomic E-state index is 12.7. The van der Waals surface area contributed by atoms with Crippen LogP contribution in [0, 0.1) is 13.8 Å². The quantitative estimate of drug-likeness (QED) is 0.799. The second kappa shape index (κ2) is 4.38. The average molecular weight is 295 g/mol. The second-order valence-electron chi connectivity index (χ2n) is 5.79. The van der Waals surface area contributed by atoms with Gasteiger partial charge in [-0.1, -0.05) is 36.4 Å². The van der Waals surface area contributed by atoms with E-state index in [1.807, 2.05) is 34.9 Å². The highest BCUT2D eigenvalue weighted by Crippen LogP contribution is 2.55. The van der Waals surface area contributed by atoms with E-state index >= 15 is 0 Å². The molecule has 0 aromatic heterocycles. The van der Waals surface area contributed by atoms with Gasteiger partial charge in [-0.05, 0) is 36.6 Å². The second-order valence-corrected chi connectivity index (χ2v) is 7.08. The number of hydrogen-bond acceptors (Lipinski definition) is 2. The van der Waals surface area contributed by atoms with E-state index in [4.69, 9.17) is 0 Å². The predicted octanol–water partition coefficient (Wildman–Crippen LogP) is 3.71. The van der Waals surface area contributed by atoms with Gasteiger partial charge in [0.25, 0.3) is 5.91 Å². The number of carbonyl (C=O) groups excluding carboxylic acids is 1. The number of rotatable bonds is 1. The first-order valence-electron chi connectivity index (χ1n) is 7.28. The lowest BCUT2D eigenvalue weighted by Crippen LogP contribution is -2.37. The van der Waals surface area contributed by atoms with Crippen LogP contribution in [-0.2, 0) is 4.87 Å². The molecule has 3 heteroatoms. The summed E-state index contributed by atoms with van der Waals surface area (Å²) in [6, 6.07) is 14.7. The van der Waals surface area contributed by atoms with Crippen LogP contribution in [0.2, 0.25) is 0 Å². The van der Waals surface area contributed by atoms with Gasteiger partial charge in [0.15, 0.2) is 0 Å². The van der Waals surface area contributed by atoms with Gasteiger partial charge in [-0.2, -0.15) is 0 Å². The third-order valence-corrected chi connectivity index (χ3v) is 6.15. The average Bonchev–Trinajstić information content (AvgIpc) is 3.03. The van der Waals surface area contributed by atoms with Gasteiger partial charge in [-0.3, -0.25) is 4.79 Å².